The van der Waals surface area contributed by atoms with E-state index in [9.17, 15) is 14.6 Å². The molecule has 0 unspecified atom stereocenters. The third-order valence-corrected chi connectivity index (χ3v) is 6.04. The largest absolute Gasteiger partial charge is 0.487 e. The average Bonchev–Trinajstić information content (AvgIpc) is 3.20. The molecule has 8 heteroatoms. The molecule has 0 spiro atoms. The molecule has 3 aromatic rings. The molecule has 0 radical (unpaired) electrons. The van der Waals surface area contributed by atoms with Crippen molar-refractivity contribution in [2.24, 2.45) is 0 Å². The molecule has 1 aliphatic carbocycles. The minimum Gasteiger partial charge on any atom is -0.487 e. The molecule has 7 nitrogen and oxygen atoms in total. The number of aliphatic hydroxyl groups excluding tert-OH is 2. The van der Waals surface area contributed by atoms with Gasteiger partial charge in [-0.2, -0.15) is 0 Å². The van der Waals surface area contributed by atoms with Gasteiger partial charge in [0.15, 0.2) is 5.82 Å². The summed E-state index contributed by atoms with van der Waals surface area (Å²) in [4.78, 5) is 4.23. The summed E-state index contributed by atoms with van der Waals surface area (Å²) in [5.41, 5.74) is 8.83. The molecule has 4 atom stereocenters. The number of halogens is 1. The lowest BCUT2D eigenvalue weighted by molar-refractivity contribution is -0.0166. The van der Waals surface area contributed by atoms with E-state index in [1.165, 1.54) is 24.0 Å². The first-order valence-corrected chi connectivity index (χ1v) is 9.79. The molecular formula is C21H23FN4O3. The van der Waals surface area contributed by atoms with E-state index in [1.54, 1.807) is 4.57 Å². The van der Waals surface area contributed by atoms with Crippen LogP contribution in [0.5, 0.6) is 5.75 Å². The van der Waals surface area contributed by atoms with Gasteiger partial charge in [-0.3, -0.25) is 0 Å². The number of rotatable bonds is 3. The van der Waals surface area contributed by atoms with Crippen molar-refractivity contribution < 1.29 is 19.3 Å². The molecule has 0 amide bonds. The molecule has 0 bridgehead atoms. The number of nitrogens with two attached hydrogens (primary N) is 1. The summed E-state index contributed by atoms with van der Waals surface area (Å²) in [5.74, 6) is 0.206. The van der Waals surface area contributed by atoms with Gasteiger partial charge in [-0.05, 0) is 30.7 Å². The molecule has 0 saturated heterocycles. The maximum Gasteiger partial charge on any atom is 0.152 e. The normalized spacial score (nSPS) is 26.6. The molecular weight excluding hydrogens is 375 g/mol. The molecule has 1 aliphatic heterocycles. The molecule has 2 aromatic heterocycles. The standard InChI is InChI=1S/C21H23FN4O3/c22-13-10-26(21-18(13)14(23)5-7-25-21)15-8-17(20(28)19(15)27)29-16-3-1-2-11-4-6-24-9-12(11)16/h1-3,5,7,10,15,17,19-20,24,27-28H,4,6,8-9H2,(H2,23,25)/t15-,17+,19+,20-/m1/s1. The Bertz CT molecular complexity index is 1070. The van der Waals surface area contributed by atoms with Gasteiger partial charge in [0.2, 0.25) is 0 Å². The first-order valence-electron chi connectivity index (χ1n) is 9.79. The summed E-state index contributed by atoms with van der Waals surface area (Å²) in [6, 6.07) is 6.86. The lowest BCUT2D eigenvalue weighted by Crippen LogP contribution is -2.34. The van der Waals surface area contributed by atoms with E-state index in [4.69, 9.17) is 10.5 Å². The summed E-state index contributed by atoms with van der Waals surface area (Å²) in [6.07, 6.45) is 1.19. The Hall–Kier alpha value is -2.68. The van der Waals surface area contributed by atoms with E-state index in [1.807, 2.05) is 12.1 Å². The highest BCUT2D eigenvalue weighted by atomic mass is 19.1. The maximum absolute atomic E-state index is 14.5. The molecule has 1 saturated carbocycles. The van der Waals surface area contributed by atoms with Crippen LogP contribution in [0.15, 0.2) is 36.7 Å². The zero-order chi connectivity index (χ0) is 20.1. The highest BCUT2D eigenvalue weighted by Crippen LogP contribution is 2.38. The summed E-state index contributed by atoms with van der Waals surface area (Å²) in [7, 11) is 0. The van der Waals surface area contributed by atoms with Gasteiger partial charge in [-0.15, -0.1) is 0 Å². The minimum absolute atomic E-state index is 0.224. The highest BCUT2D eigenvalue weighted by Gasteiger charge is 2.45. The Morgan fingerprint density at radius 1 is 1.24 bits per heavy atom. The number of nitrogen functional groups attached to an aromatic ring is 1. The third-order valence-electron chi connectivity index (χ3n) is 6.04. The van der Waals surface area contributed by atoms with Gasteiger partial charge in [0.25, 0.3) is 0 Å². The van der Waals surface area contributed by atoms with Gasteiger partial charge in [-0.1, -0.05) is 12.1 Å². The second-order valence-corrected chi connectivity index (χ2v) is 7.74. The van der Waals surface area contributed by atoms with Crippen molar-refractivity contribution in [1.82, 2.24) is 14.9 Å². The van der Waals surface area contributed by atoms with Gasteiger partial charge in [-0.25, -0.2) is 9.37 Å². The van der Waals surface area contributed by atoms with E-state index < -0.39 is 30.2 Å². The van der Waals surface area contributed by atoms with Gasteiger partial charge in [0.05, 0.1) is 11.4 Å². The number of nitrogens with zero attached hydrogens (tertiary/aromatic N) is 2. The van der Waals surface area contributed by atoms with Crippen molar-refractivity contribution in [1.29, 1.82) is 0 Å². The second-order valence-electron chi connectivity index (χ2n) is 7.74. The summed E-state index contributed by atoms with van der Waals surface area (Å²) in [5, 5.41) is 24.9. The van der Waals surface area contributed by atoms with Crippen molar-refractivity contribution in [3.05, 3.63) is 53.6 Å². The van der Waals surface area contributed by atoms with Crippen LogP contribution in [0.4, 0.5) is 10.1 Å². The lowest BCUT2D eigenvalue weighted by Gasteiger charge is -2.24. The van der Waals surface area contributed by atoms with Crippen molar-refractivity contribution >= 4 is 16.7 Å². The van der Waals surface area contributed by atoms with Gasteiger partial charge >= 0.3 is 0 Å². The van der Waals surface area contributed by atoms with Crippen LogP contribution in [0.1, 0.15) is 23.6 Å². The van der Waals surface area contributed by atoms with Gasteiger partial charge in [0.1, 0.15) is 29.7 Å². The van der Waals surface area contributed by atoms with E-state index in [2.05, 4.69) is 16.4 Å². The molecule has 2 aliphatic rings. The number of pyridine rings is 1. The number of hydrogen-bond donors (Lipinski definition) is 4. The van der Waals surface area contributed by atoms with Crippen LogP contribution < -0.4 is 15.8 Å². The number of aliphatic hydroxyl groups is 2. The molecule has 29 heavy (non-hydrogen) atoms. The Kier molecular flexibility index (Phi) is 4.42. The fourth-order valence-corrected chi connectivity index (χ4v) is 4.52. The van der Waals surface area contributed by atoms with Gasteiger partial charge < -0.3 is 30.6 Å². The predicted octanol–water partition coefficient (Wildman–Crippen LogP) is 1.52. The fourth-order valence-electron chi connectivity index (χ4n) is 4.52. The second kappa shape index (κ2) is 6.98. The van der Waals surface area contributed by atoms with Crippen LogP contribution in [-0.4, -0.2) is 44.6 Å². The smallest absolute Gasteiger partial charge is 0.152 e. The minimum atomic E-state index is -1.11. The Morgan fingerprint density at radius 3 is 2.97 bits per heavy atom. The summed E-state index contributed by atoms with van der Waals surface area (Å²) < 4.78 is 22.2. The Morgan fingerprint density at radius 2 is 2.10 bits per heavy atom. The first kappa shape index (κ1) is 18.4. The van der Waals surface area contributed by atoms with Crippen LogP contribution in [-0.2, 0) is 13.0 Å². The molecule has 152 valence electrons. The van der Waals surface area contributed by atoms with Crippen molar-refractivity contribution in [2.75, 3.05) is 12.3 Å². The monoisotopic (exact) mass is 398 g/mol. The number of nitrogens with one attached hydrogen (secondary N) is 1. The lowest BCUT2D eigenvalue weighted by atomic mass is 10.0. The molecule has 5 rings (SSSR count). The quantitative estimate of drug-likeness (QED) is 0.533. The predicted molar refractivity (Wildman–Crippen MR) is 106 cm³/mol. The summed E-state index contributed by atoms with van der Waals surface area (Å²) >= 11 is 0. The number of benzene rings is 1. The number of aromatic nitrogens is 2. The van der Waals surface area contributed by atoms with Crippen LogP contribution in [0.3, 0.4) is 0 Å². The van der Waals surface area contributed by atoms with E-state index in [0.717, 1.165) is 18.5 Å². The fraction of sp³-hybridized carbons (Fsp3) is 0.381. The molecule has 3 heterocycles. The SMILES string of the molecule is Nc1ccnc2c1c(F)cn2[C@@H]1C[C@H](Oc2cccc3c2CNCC3)[C@@H](O)[C@H]1O. The van der Waals surface area contributed by atoms with Crippen LogP contribution in [0.2, 0.25) is 0 Å². The van der Waals surface area contributed by atoms with Crippen LogP contribution in [0, 0.1) is 5.82 Å². The third kappa shape index (κ3) is 2.95. The van der Waals surface area contributed by atoms with Crippen molar-refractivity contribution in [3.8, 4) is 5.75 Å². The number of ether oxygens (including phenoxy) is 1. The Balaban J connectivity index is 1.46. The number of anilines is 1. The highest BCUT2D eigenvalue weighted by molar-refractivity contribution is 5.89. The maximum atomic E-state index is 14.5. The molecule has 1 aromatic carbocycles. The topological polar surface area (TPSA) is 106 Å². The van der Waals surface area contributed by atoms with Crippen LogP contribution in [0.25, 0.3) is 11.0 Å². The van der Waals surface area contributed by atoms with Crippen molar-refractivity contribution in [3.63, 3.8) is 0 Å². The average molecular weight is 398 g/mol. The van der Waals surface area contributed by atoms with E-state index in [0.29, 0.717) is 24.4 Å². The molecule has 1 fully saturated rings. The Labute approximate surface area is 166 Å². The zero-order valence-corrected chi connectivity index (χ0v) is 15.8. The van der Waals surface area contributed by atoms with E-state index in [-0.39, 0.29) is 11.1 Å². The zero-order valence-electron chi connectivity index (χ0n) is 15.8. The summed E-state index contributed by atoms with van der Waals surface area (Å²) in [6.45, 7) is 1.63. The van der Waals surface area contributed by atoms with Gasteiger partial charge in [0, 0.05) is 36.6 Å². The van der Waals surface area contributed by atoms with E-state index >= 15 is 0 Å². The van der Waals surface area contributed by atoms with Crippen molar-refractivity contribution in [2.45, 2.75) is 43.7 Å². The first-order chi connectivity index (χ1) is 14.0. The number of fused-ring (bicyclic) bond motifs is 2. The van der Waals surface area contributed by atoms with Crippen LogP contribution >= 0.6 is 0 Å². The molecule has 5 N–H and O–H groups in total. The number of hydrogen-bond acceptors (Lipinski definition) is 6.